The number of rotatable bonds is 0. The largest absolute Gasteiger partial charge is 0.376 e. The van der Waals surface area contributed by atoms with Crippen molar-refractivity contribution in [2.24, 2.45) is 0 Å². The van der Waals surface area contributed by atoms with Gasteiger partial charge in [0.15, 0.2) is 0 Å². The lowest BCUT2D eigenvalue weighted by Gasteiger charge is -2.26. The molecule has 0 aromatic rings. The van der Waals surface area contributed by atoms with Crippen molar-refractivity contribution in [2.75, 3.05) is 26.7 Å². The van der Waals surface area contributed by atoms with Crippen molar-refractivity contribution in [1.29, 1.82) is 0 Å². The second-order valence-electron chi connectivity index (χ2n) is 2.16. The minimum absolute atomic E-state index is 0.955. The fourth-order valence-corrected chi connectivity index (χ4v) is 0.773. The van der Waals surface area contributed by atoms with Gasteiger partial charge in [-0.05, 0) is 0 Å². The van der Waals surface area contributed by atoms with E-state index >= 15 is 0 Å². The van der Waals surface area contributed by atoms with Crippen molar-refractivity contribution < 1.29 is 0 Å². The minimum atomic E-state index is 0.955. The van der Waals surface area contributed by atoms with Crippen molar-refractivity contribution in [2.45, 2.75) is 0 Å². The van der Waals surface area contributed by atoms with Crippen molar-refractivity contribution in [3.8, 4) is 0 Å². The zero-order valence-corrected chi connectivity index (χ0v) is 5.28. The van der Waals surface area contributed by atoms with E-state index in [9.17, 15) is 0 Å². The molecule has 0 saturated carbocycles. The molecule has 1 aliphatic heterocycles. The zero-order valence-electron chi connectivity index (χ0n) is 5.28. The van der Waals surface area contributed by atoms with E-state index in [1.54, 1.807) is 0 Å². The molecule has 8 heavy (non-hydrogen) atoms. The maximum atomic E-state index is 3.86. The SMILES string of the molecule is C=C1CNCCN1C. The highest BCUT2D eigenvalue weighted by Crippen LogP contribution is 1.98. The monoisotopic (exact) mass is 112 g/mol. The second kappa shape index (κ2) is 2.18. The Bertz CT molecular complexity index is 98.7. The number of nitrogens with one attached hydrogen (secondary N) is 1. The summed E-state index contributed by atoms with van der Waals surface area (Å²) in [4.78, 5) is 2.18. The molecule has 0 radical (unpaired) electrons. The van der Waals surface area contributed by atoms with Gasteiger partial charge in [0.1, 0.15) is 0 Å². The van der Waals surface area contributed by atoms with Crippen LogP contribution in [0.15, 0.2) is 12.3 Å². The quantitative estimate of drug-likeness (QED) is 0.476. The maximum absolute atomic E-state index is 3.86. The van der Waals surface area contributed by atoms with Gasteiger partial charge >= 0.3 is 0 Å². The summed E-state index contributed by atoms with van der Waals surface area (Å²) in [5.74, 6) is 0. The van der Waals surface area contributed by atoms with E-state index in [0.29, 0.717) is 0 Å². The van der Waals surface area contributed by atoms with Crippen LogP contribution in [0.1, 0.15) is 0 Å². The highest BCUT2D eigenvalue weighted by atomic mass is 15.2. The molecule has 0 aliphatic carbocycles. The van der Waals surface area contributed by atoms with Crippen molar-refractivity contribution in [1.82, 2.24) is 10.2 Å². The zero-order chi connectivity index (χ0) is 5.98. The fraction of sp³-hybridized carbons (Fsp3) is 0.667. The average Bonchev–Trinajstić information content (AvgIpc) is 1.77. The Balaban J connectivity index is 2.39. The molecular weight excluding hydrogens is 100 g/mol. The fourth-order valence-electron chi connectivity index (χ4n) is 0.773. The van der Waals surface area contributed by atoms with Crippen LogP contribution in [0.4, 0.5) is 0 Å². The highest BCUT2D eigenvalue weighted by molar-refractivity contribution is 4.97. The summed E-state index contributed by atoms with van der Waals surface area (Å²) >= 11 is 0. The summed E-state index contributed by atoms with van der Waals surface area (Å²) in [6, 6.07) is 0. The molecule has 0 spiro atoms. The van der Waals surface area contributed by atoms with E-state index in [2.05, 4.69) is 23.8 Å². The second-order valence-corrected chi connectivity index (χ2v) is 2.16. The molecule has 0 atom stereocenters. The molecular formula is C6H12N2. The van der Waals surface area contributed by atoms with E-state index in [0.717, 1.165) is 19.6 Å². The van der Waals surface area contributed by atoms with Gasteiger partial charge in [0, 0.05) is 32.4 Å². The van der Waals surface area contributed by atoms with E-state index in [4.69, 9.17) is 0 Å². The molecule has 1 heterocycles. The molecule has 1 aliphatic rings. The van der Waals surface area contributed by atoms with E-state index in [1.807, 2.05) is 0 Å². The van der Waals surface area contributed by atoms with E-state index in [1.165, 1.54) is 5.70 Å². The lowest BCUT2D eigenvalue weighted by molar-refractivity contribution is 0.360. The third kappa shape index (κ3) is 1.01. The molecule has 0 bridgehead atoms. The van der Waals surface area contributed by atoms with Gasteiger partial charge in [0.2, 0.25) is 0 Å². The normalized spacial score (nSPS) is 21.6. The van der Waals surface area contributed by atoms with Gasteiger partial charge in [0.25, 0.3) is 0 Å². The topological polar surface area (TPSA) is 15.3 Å². The Morgan fingerprint density at radius 1 is 1.75 bits per heavy atom. The molecule has 2 heteroatoms. The summed E-state index contributed by atoms with van der Waals surface area (Å²) in [7, 11) is 2.07. The van der Waals surface area contributed by atoms with Crippen LogP contribution in [-0.4, -0.2) is 31.6 Å². The maximum Gasteiger partial charge on any atom is 0.0350 e. The first-order valence-corrected chi connectivity index (χ1v) is 2.90. The van der Waals surface area contributed by atoms with Crippen LogP contribution in [-0.2, 0) is 0 Å². The van der Waals surface area contributed by atoms with Gasteiger partial charge in [-0.3, -0.25) is 0 Å². The molecule has 0 aromatic heterocycles. The summed E-state index contributed by atoms with van der Waals surface area (Å²) in [5.41, 5.74) is 1.19. The molecule has 0 aromatic carbocycles. The van der Waals surface area contributed by atoms with Gasteiger partial charge in [-0.25, -0.2) is 0 Å². The van der Waals surface area contributed by atoms with E-state index in [-0.39, 0.29) is 0 Å². The van der Waals surface area contributed by atoms with Crippen LogP contribution in [0.25, 0.3) is 0 Å². The number of hydrogen-bond donors (Lipinski definition) is 1. The predicted octanol–water partition coefficient (Wildman–Crippen LogP) is 0.0351. The van der Waals surface area contributed by atoms with Crippen molar-refractivity contribution in [3.63, 3.8) is 0 Å². The molecule has 46 valence electrons. The van der Waals surface area contributed by atoms with Gasteiger partial charge in [-0.15, -0.1) is 0 Å². The first-order valence-electron chi connectivity index (χ1n) is 2.90. The van der Waals surface area contributed by atoms with Gasteiger partial charge < -0.3 is 10.2 Å². The van der Waals surface area contributed by atoms with Crippen molar-refractivity contribution in [3.05, 3.63) is 12.3 Å². The van der Waals surface area contributed by atoms with Crippen LogP contribution < -0.4 is 5.32 Å². The predicted molar refractivity (Wildman–Crippen MR) is 34.6 cm³/mol. The third-order valence-electron chi connectivity index (χ3n) is 1.49. The summed E-state index contributed by atoms with van der Waals surface area (Å²) in [5, 5.41) is 3.22. The van der Waals surface area contributed by atoms with Crippen LogP contribution >= 0.6 is 0 Å². The first-order chi connectivity index (χ1) is 3.80. The molecule has 0 unspecified atom stereocenters. The third-order valence-corrected chi connectivity index (χ3v) is 1.49. The highest BCUT2D eigenvalue weighted by Gasteiger charge is 2.05. The van der Waals surface area contributed by atoms with Gasteiger partial charge in [-0.2, -0.15) is 0 Å². The smallest absolute Gasteiger partial charge is 0.0350 e. The number of nitrogens with zero attached hydrogens (tertiary/aromatic N) is 1. The first kappa shape index (κ1) is 5.63. The molecule has 2 nitrogen and oxygen atoms in total. The summed E-state index contributed by atoms with van der Waals surface area (Å²) in [6.07, 6.45) is 0. The average molecular weight is 112 g/mol. The van der Waals surface area contributed by atoms with Crippen molar-refractivity contribution >= 4 is 0 Å². The number of piperazine rings is 1. The Labute approximate surface area is 50.2 Å². The van der Waals surface area contributed by atoms with Crippen LogP contribution in [0, 0.1) is 0 Å². The summed E-state index contributed by atoms with van der Waals surface area (Å²) in [6.45, 7) is 7.00. The lowest BCUT2D eigenvalue weighted by Crippen LogP contribution is -2.38. The molecule has 0 amide bonds. The van der Waals surface area contributed by atoms with Crippen LogP contribution in [0.5, 0.6) is 0 Å². The summed E-state index contributed by atoms with van der Waals surface area (Å²) < 4.78 is 0. The van der Waals surface area contributed by atoms with Crippen LogP contribution in [0.3, 0.4) is 0 Å². The number of likely N-dealkylation sites (N-methyl/N-ethyl adjacent to an activating group) is 1. The molecule has 1 saturated heterocycles. The lowest BCUT2D eigenvalue weighted by atomic mass is 10.3. The Hall–Kier alpha value is -0.500. The van der Waals surface area contributed by atoms with Gasteiger partial charge in [-0.1, -0.05) is 6.58 Å². The Morgan fingerprint density at radius 2 is 2.50 bits per heavy atom. The molecule has 1 rings (SSSR count). The Morgan fingerprint density at radius 3 is 2.88 bits per heavy atom. The standard InChI is InChI=1S/C6H12N2/c1-6-5-7-3-4-8(6)2/h7H,1,3-5H2,2H3. The molecule has 1 fully saturated rings. The van der Waals surface area contributed by atoms with Crippen LogP contribution in [0.2, 0.25) is 0 Å². The van der Waals surface area contributed by atoms with Gasteiger partial charge in [0.05, 0.1) is 0 Å². The van der Waals surface area contributed by atoms with E-state index < -0.39 is 0 Å². The Kier molecular flexibility index (Phi) is 1.53. The number of hydrogen-bond acceptors (Lipinski definition) is 2. The molecule has 1 N–H and O–H groups in total. The minimum Gasteiger partial charge on any atom is -0.376 e.